The highest BCUT2D eigenvalue weighted by molar-refractivity contribution is 7.80. The van der Waals surface area contributed by atoms with Crippen molar-refractivity contribution in [1.29, 1.82) is 0 Å². The van der Waals surface area contributed by atoms with Crippen molar-refractivity contribution >= 4 is 23.0 Å². The number of hydrogen-bond acceptors (Lipinski definition) is 3. The van der Waals surface area contributed by atoms with Gasteiger partial charge in [-0.05, 0) is 42.3 Å². The highest BCUT2D eigenvalue weighted by Crippen LogP contribution is 2.31. The summed E-state index contributed by atoms with van der Waals surface area (Å²) in [5.74, 6) is 0.255. The van der Waals surface area contributed by atoms with E-state index >= 15 is 0 Å². The summed E-state index contributed by atoms with van der Waals surface area (Å²) in [5, 5.41) is 4.14. The van der Waals surface area contributed by atoms with Crippen LogP contribution in [0.25, 0.3) is 0 Å². The molecule has 1 spiro atoms. The lowest BCUT2D eigenvalue weighted by molar-refractivity contribution is -0.180. The lowest BCUT2D eigenvalue weighted by Crippen LogP contribution is -2.48. The van der Waals surface area contributed by atoms with Crippen LogP contribution < -0.4 is 5.32 Å². The van der Waals surface area contributed by atoms with Crippen LogP contribution in [-0.4, -0.2) is 42.1 Å². The Hall–Kier alpha value is -1.17. The Bertz CT molecular complexity index is 530. The second kappa shape index (κ2) is 7.16. The summed E-state index contributed by atoms with van der Waals surface area (Å²) < 4.78 is 11.5. The maximum atomic E-state index is 5.76. The van der Waals surface area contributed by atoms with Gasteiger partial charge in [0.2, 0.25) is 0 Å². The molecule has 0 aliphatic carbocycles. The minimum absolute atomic E-state index is 0.343. The number of ether oxygens (including phenoxy) is 2. The number of likely N-dealkylation sites (tertiary alicyclic amines) is 1. The molecule has 2 heterocycles. The van der Waals surface area contributed by atoms with Gasteiger partial charge in [0.15, 0.2) is 10.9 Å². The fraction of sp³-hybridized carbons (Fsp3) is 0.611. The third-order valence-corrected chi connectivity index (χ3v) is 5.33. The van der Waals surface area contributed by atoms with Crippen molar-refractivity contribution in [1.82, 2.24) is 4.90 Å². The molecule has 2 saturated heterocycles. The maximum absolute atomic E-state index is 5.76. The van der Waals surface area contributed by atoms with E-state index in [0.29, 0.717) is 19.1 Å². The first-order valence-corrected chi connectivity index (χ1v) is 8.96. The second-order valence-corrected chi connectivity index (χ2v) is 6.84. The number of piperidine rings is 1. The van der Waals surface area contributed by atoms with Gasteiger partial charge < -0.3 is 19.7 Å². The molecule has 2 fully saturated rings. The Morgan fingerprint density at radius 1 is 1.22 bits per heavy atom. The third kappa shape index (κ3) is 3.84. The van der Waals surface area contributed by atoms with Gasteiger partial charge in [-0.3, -0.25) is 0 Å². The second-order valence-electron chi connectivity index (χ2n) is 6.46. The monoisotopic (exact) mass is 334 g/mol. The van der Waals surface area contributed by atoms with Crippen molar-refractivity contribution in [2.75, 3.05) is 31.6 Å². The van der Waals surface area contributed by atoms with Gasteiger partial charge in [0.05, 0.1) is 13.2 Å². The molecule has 4 nitrogen and oxygen atoms in total. The van der Waals surface area contributed by atoms with Gasteiger partial charge in [0, 0.05) is 31.6 Å². The maximum Gasteiger partial charge on any atom is 0.173 e. The molecule has 0 aromatic heterocycles. The lowest BCUT2D eigenvalue weighted by atomic mass is 9.99. The minimum atomic E-state index is -0.343. The van der Waals surface area contributed by atoms with Crippen LogP contribution in [0.4, 0.5) is 5.69 Å². The molecule has 126 valence electrons. The first-order chi connectivity index (χ1) is 11.1. The van der Waals surface area contributed by atoms with Crippen molar-refractivity contribution in [3.8, 4) is 0 Å². The molecule has 3 rings (SSSR count). The summed E-state index contributed by atoms with van der Waals surface area (Å²) in [6.07, 6.45) is 2.91. The van der Waals surface area contributed by atoms with Crippen molar-refractivity contribution in [2.45, 2.75) is 44.8 Å². The van der Waals surface area contributed by atoms with Crippen molar-refractivity contribution in [3.63, 3.8) is 0 Å². The zero-order valence-corrected chi connectivity index (χ0v) is 14.8. The Labute approximate surface area is 144 Å². The molecule has 2 aliphatic rings. The summed E-state index contributed by atoms with van der Waals surface area (Å²) in [7, 11) is 0. The molecule has 1 unspecified atom stereocenters. The van der Waals surface area contributed by atoms with Crippen LogP contribution in [0.5, 0.6) is 0 Å². The fourth-order valence-electron chi connectivity index (χ4n) is 3.17. The third-order valence-electron chi connectivity index (χ3n) is 4.97. The summed E-state index contributed by atoms with van der Waals surface area (Å²) in [6.45, 7) is 7.64. The van der Waals surface area contributed by atoms with Gasteiger partial charge >= 0.3 is 0 Å². The molecular weight excluding hydrogens is 308 g/mol. The normalized spacial score (nSPS) is 21.4. The van der Waals surface area contributed by atoms with Crippen LogP contribution in [0.1, 0.15) is 44.6 Å². The number of benzene rings is 1. The van der Waals surface area contributed by atoms with Crippen LogP contribution in [-0.2, 0) is 9.47 Å². The summed E-state index contributed by atoms with van der Waals surface area (Å²) in [6, 6.07) is 8.60. The van der Waals surface area contributed by atoms with E-state index in [2.05, 4.69) is 48.3 Å². The molecule has 0 bridgehead atoms. The van der Waals surface area contributed by atoms with Gasteiger partial charge in [0.1, 0.15) is 0 Å². The first kappa shape index (κ1) is 16.7. The van der Waals surface area contributed by atoms with E-state index < -0.39 is 0 Å². The molecule has 1 aromatic carbocycles. The van der Waals surface area contributed by atoms with Gasteiger partial charge in [-0.15, -0.1) is 0 Å². The molecule has 23 heavy (non-hydrogen) atoms. The Morgan fingerprint density at radius 3 is 2.39 bits per heavy atom. The van der Waals surface area contributed by atoms with Crippen LogP contribution >= 0.6 is 12.2 Å². The molecular formula is C18H26N2O2S. The molecule has 2 aliphatic heterocycles. The van der Waals surface area contributed by atoms with Crippen LogP contribution in [0.15, 0.2) is 24.3 Å². The smallest absolute Gasteiger partial charge is 0.173 e. The van der Waals surface area contributed by atoms with Crippen LogP contribution in [0.3, 0.4) is 0 Å². The number of nitrogens with one attached hydrogen (secondary N) is 1. The lowest BCUT2D eigenvalue weighted by Gasteiger charge is -2.38. The van der Waals surface area contributed by atoms with E-state index in [4.69, 9.17) is 21.7 Å². The van der Waals surface area contributed by atoms with Gasteiger partial charge in [-0.2, -0.15) is 0 Å². The zero-order valence-electron chi connectivity index (χ0n) is 14.0. The standard InChI is InChI=1S/C18H26N2O2S/c1-3-14(2)15-4-6-16(7-5-15)19-17(23)20-10-8-18(9-11-20)21-12-13-22-18/h4-7,14H,3,8-13H2,1-2H3,(H,19,23). The highest BCUT2D eigenvalue weighted by atomic mass is 32.1. The highest BCUT2D eigenvalue weighted by Gasteiger charge is 2.40. The topological polar surface area (TPSA) is 33.7 Å². The van der Waals surface area contributed by atoms with Gasteiger partial charge in [-0.1, -0.05) is 26.0 Å². The van der Waals surface area contributed by atoms with Crippen molar-refractivity contribution in [3.05, 3.63) is 29.8 Å². The van der Waals surface area contributed by atoms with Crippen LogP contribution in [0.2, 0.25) is 0 Å². The molecule has 0 amide bonds. The molecule has 1 atom stereocenters. The average molecular weight is 334 g/mol. The summed E-state index contributed by atoms with van der Waals surface area (Å²) in [5.41, 5.74) is 2.43. The largest absolute Gasteiger partial charge is 0.349 e. The molecule has 1 aromatic rings. The summed E-state index contributed by atoms with van der Waals surface area (Å²) in [4.78, 5) is 2.20. The fourth-order valence-corrected chi connectivity index (χ4v) is 3.47. The van der Waals surface area contributed by atoms with Gasteiger partial charge in [0.25, 0.3) is 0 Å². The van der Waals surface area contributed by atoms with E-state index in [9.17, 15) is 0 Å². The number of rotatable bonds is 3. The van der Waals surface area contributed by atoms with E-state index in [1.54, 1.807) is 0 Å². The number of anilines is 1. The predicted molar refractivity (Wildman–Crippen MR) is 96.8 cm³/mol. The van der Waals surface area contributed by atoms with Crippen LogP contribution in [0, 0.1) is 0 Å². The Balaban J connectivity index is 1.53. The van der Waals surface area contributed by atoms with E-state index in [0.717, 1.165) is 43.2 Å². The average Bonchev–Trinajstić information content (AvgIpc) is 3.03. The summed E-state index contributed by atoms with van der Waals surface area (Å²) >= 11 is 5.56. The Kier molecular flexibility index (Phi) is 5.19. The first-order valence-electron chi connectivity index (χ1n) is 8.56. The quantitative estimate of drug-likeness (QED) is 0.852. The SMILES string of the molecule is CCC(C)c1ccc(NC(=S)N2CCC3(CC2)OCCO3)cc1. The number of thiocarbonyl (C=S) groups is 1. The van der Waals surface area contributed by atoms with Crippen molar-refractivity contribution < 1.29 is 9.47 Å². The van der Waals surface area contributed by atoms with E-state index in [1.165, 1.54) is 5.56 Å². The van der Waals surface area contributed by atoms with E-state index in [-0.39, 0.29) is 5.79 Å². The molecule has 0 saturated carbocycles. The molecule has 1 N–H and O–H groups in total. The number of nitrogens with zero attached hydrogens (tertiary/aromatic N) is 1. The van der Waals surface area contributed by atoms with Gasteiger partial charge in [-0.25, -0.2) is 0 Å². The number of hydrogen-bond donors (Lipinski definition) is 1. The van der Waals surface area contributed by atoms with Crippen molar-refractivity contribution in [2.24, 2.45) is 0 Å². The Morgan fingerprint density at radius 2 is 1.83 bits per heavy atom. The predicted octanol–water partition coefficient (Wildman–Crippen LogP) is 3.74. The zero-order chi connectivity index (χ0) is 16.3. The molecule has 5 heteroatoms. The van der Waals surface area contributed by atoms with E-state index in [1.807, 2.05) is 0 Å². The minimum Gasteiger partial charge on any atom is -0.349 e. The molecule has 0 radical (unpaired) electrons.